The fourth-order valence-corrected chi connectivity index (χ4v) is 2.84. The standard InChI is InChI=1S/C16H20O4/c17-16(18)9-15(11-1-2-11)12-3-5-13(6-4-12)20-14-7-8-19-10-14/h3-6,11,14-15H,1-2,7-10H2,(H,17,18). The molecule has 20 heavy (non-hydrogen) atoms. The van der Waals surface area contributed by atoms with Crippen LogP contribution in [0, 0.1) is 5.92 Å². The molecule has 1 aromatic carbocycles. The third-order valence-electron chi connectivity index (χ3n) is 4.08. The molecule has 108 valence electrons. The molecule has 3 rings (SSSR count). The van der Waals surface area contributed by atoms with Gasteiger partial charge in [0.2, 0.25) is 0 Å². The molecule has 4 heteroatoms. The molecule has 1 heterocycles. The number of hydrogen-bond acceptors (Lipinski definition) is 3. The summed E-state index contributed by atoms with van der Waals surface area (Å²) in [5.41, 5.74) is 1.12. The Labute approximate surface area is 118 Å². The normalized spacial score (nSPS) is 23.5. The molecule has 1 saturated carbocycles. The van der Waals surface area contributed by atoms with Crippen molar-refractivity contribution in [2.45, 2.75) is 37.7 Å². The Hall–Kier alpha value is -1.55. The molecule has 1 saturated heterocycles. The van der Waals surface area contributed by atoms with Crippen LogP contribution in [0.2, 0.25) is 0 Å². The Kier molecular flexibility index (Phi) is 3.92. The first-order valence-corrected chi connectivity index (χ1v) is 7.28. The van der Waals surface area contributed by atoms with Gasteiger partial charge < -0.3 is 14.6 Å². The largest absolute Gasteiger partial charge is 0.488 e. The molecule has 0 aromatic heterocycles. The van der Waals surface area contributed by atoms with E-state index in [1.54, 1.807) is 0 Å². The van der Waals surface area contributed by atoms with Crippen molar-refractivity contribution in [1.29, 1.82) is 0 Å². The van der Waals surface area contributed by atoms with Crippen molar-refractivity contribution >= 4 is 5.97 Å². The molecule has 0 amide bonds. The topological polar surface area (TPSA) is 55.8 Å². The zero-order valence-electron chi connectivity index (χ0n) is 11.5. The highest BCUT2D eigenvalue weighted by molar-refractivity contribution is 5.68. The van der Waals surface area contributed by atoms with Gasteiger partial charge in [-0.15, -0.1) is 0 Å². The molecule has 1 aliphatic carbocycles. The summed E-state index contributed by atoms with van der Waals surface area (Å²) in [6.45, 7) is 1.43. The first-order chi connectivity index (χ1) is 9.72. The van der Waals surface area contributed by atoms with Gasteiger partial charge in [-0.05, 0) is 42.4 Å². The molecule has 2 aliphatic rings. The van der Waals surface area contributed by atoms with Crippen LogP contribution in [0.4, 0.5) is 0 Å². The maximum Gasteiger partial charge on any atom is 0.303 e. The number of benzene rings is 1. The number of rotatable bonds is 6. The lowest BCUT2D eigenvalue weighted by molar-refractivity contribution is -0.137. The maximum atomic E-state index is 11.0. The lowest BCUT2D eigenvalue weighted by Gasteiger charge is -2.16. The van der Waals surface area contributed by atoms with Gasteiger partial charge in [0.25, 0.3) is 0 Å². The summed E-state index contributed by atoms with van der Waals surface area (Å²) < 4.78 is 11.1. The van der Waals surface area contributed by atoms with Gasteiger partial charge in [-0.2, -0.15) is 0 Å². The average molecular weight is 276 g/mol. The average Bonchev–Trinajstić information content (AvgIpc) is 3.15. The molecule has 0 spiro atoms. The van der Waals surface area contributed by atoms with Crippen molar-refractivity contribution in [2.24, 2.45) is 5.92 Å². The lowest BCUT2D eigenvalue weighted by atomic mass is 9.91. The van der Waals surface area contributed by atoms with Gasteiger partial charge in [0, 0.05) is 6.42 Å². The van der Waals surface area contributed by atoms with Crippen LogP contribution in [0.1, 0.15) is 37.2 Å². The molecule has 1 N–H and O–H groups in total. The van der Waals surface area contributed by atoms with E-state index in [9.17, 15) is 4.79 Å². The van der Waals surface area contributed by atoms with Crippen molar-refractivity contribution in [3.63, 3.8) is 0 Å². The van der Waals surface area contributed by atoms with Crippen LogP contribution < -0.4 is 4.74 Å². The first-order valence-electron chi connectivity index (χ1n) is 7.28. The van der Waals surface area contributed by atoms with Crippen LogP contribution in [0.5, 0.6) is 5.75 Å². The predicted octanol–water partition coefficient (Wildman–Crippen LogP) is 2.82. The van der Waals surface area contributed by atoms with Crippen LogP contribution in [0.15, 0.2) is 24.3 Å². The van der Waals surface area contributed by atoms with Crippen molar-refractivity contribution < 1.29 is 19.4 Å². The number of aliphatic carboxylic acids is 1. The van der Waals surface area contributed by atoms with E-state index in [4.69, 9.17) is 14.6 Å². The number of carboxylic acids is 1. The SMILES string of the molecule is O=C(O)CC(c1ccc(OC2CCOC2)cc1)C1CC1. The number of carboxylic acid groups (broad SMARTS) is 1. The minimum absolute atomic E-state index is 0.149. The predicted molar refractivity (Wildman–Crippen MR) is 74.0 cm³/mol. The summed E-state index contributed by atoms with van der Waals surface area (Å²) in [7, 11) is 0. The van der Waals surface area contributed by atoms with E-state index in [0.29, 0.717) is 12.5 Å². The Balaban J connectivity index is 1.65. The van der Waals surface area contributed by atoms with Crippen LogP contribution in [0.3, 0.4) is 0 Å². The smallest absolute Gasteiger partial charge is 0.303 e. The molecule has 1 aliphatic heterocycles. The van der Waals surface area contributed by atoms with Crippen LogP contribution in [-0.4, -0.2) is 30.4 Å². The van der Waals surface area contributed by atoms with Crippen LogP contribution >= 0.6 is 0 Å². The summed E-state index contributed by atoms with van der Waals surface area (Å²) in [5.74, 6) is 0.817. The van der Waals surface area contributed by atoms with Gasteiger partial charge in [-0.25, -0.2) is 0 Å². The van der Waals surface area contributed by atoms with E-state index in [2.05, 4.69) is 0 Å². The Morgan fingerprint density at radius 2 is 2.05 bits per heavy atom. The third kappa shape index (κ3) is 3.31. The van der Waals surface area contributed by atoms with Crippen LogP contribution in [0.25, 0.3) is 0 Å². The zero-order chi connectivity index (χ0) is 13.9. The van der Waals surface area contributed by atoms with Crippen LogP contribution in [-0.2, 0) is 9.53 Å². The van der Waals surface area contributed by atoms with E-state index in [0.717, 1.165) is 37.2 Å². The Morgan fingerprint density at radius 3 is 2.60 bits per heavy atom. The zero-order valence-corrected chi connectivity index (χ0v) is 11.5. The Bertz CT molecular complexity index is 458. The third-order valence-corrected chi connectivity index (χ3v) is 4.08. The van der Waals surface area contributed by atoms with E-state index < -0.39 is 5.97 Å². The van der Waals surface area contributed by atoms with E-state index in [1.165, 1.54) is 0 Å². The highest BCUT2D eigenvalue weighted by Gasteiger charge is 2.33. The number of ether oxygens (including phenoxy) is 2. The molecule has 1 aromatic rings. The van der Waals surface area contributed by atoms with E-state index in [1.807, 2.05) is 24.3 Å². The monoisotopic (exact) mass is 276 g/mol. The second-order valence-corrected chi connectivity index (χ2v) is 5.71. The lowest BCUT2D eigenvalue weighted by Crippen LogP contribution is -2.15. The molecule has 0 bridgehead atoms. The molecule has 2 unspecified atom stereocenters. The molecule has 4 nitrogen and oxygen atoms in total. The van der Waals surface area contributed by atoms with Gasteiger partial charge in [-0.1, -0.05) is 12.1 Å². The highest BCUT2D eigenvalue weighted by atomic mass is 16.5. The van der Waals surface area contributed by atoms with Gasteiger partial charge in [0.05, 0.1) is 19.6 Å². The van der Waals surface area contributed by atoms with Crippen molar-refractivity contribution in [3.05, 3.63) is 29.8 Å². The van der Waals surface area contributed by atoms with Gasteiger partial charge in [-0.3, -0.25) is 4.79 Å². The van der Waals surface area contributed by atoms with Gasteiger partial charge >= 0.3 is 5.97 Å². The van der Waals surface area contributed by atoms with Gasteiger partial charge in [0.15, 0.2) is 0 Å². The number of hydrogen-bond donors (Lipinski definition) is 1. The molecule has 2 fully saturated rings. The second kappa shape index (κ2) is 5.83. The van der Waals surface area contributed by atoms with Crippen molar-refractivity contribution in [3.8, 4) is 5.75 Å². The minimum Gasteiger partial charge on any atom is -0.488 e. The molecular formula is C16H20O4. The quantitative estimate of drug-likeness (QED) is 0.868. The summed E-state index contributed by atoms with van der Waals surface area (Å²) in [6, 6.07) is 7.92. The molecular weight excluding hydrogens is 256 g/mol. The fourth-order valence-electron chi connectivity index (χ4n) is 2.84. The first kappa shape index (κ1) is 13.4. The Morgan fingerprint density at radius 1 is 1.30 bits per heavy atom. The van der Waals surface area contributed by atoms with Gasteiger partial charge in [0.1, 0.15) is 11.9 Å². The highest BCUT2D eigenvalue weighted by Crippen LogP contribution is 2.44. The summed E-state index contributed by atoms with van der Waals surface area (Å²) in [5, 5.41) is 9.03. The fraction of sp³-hybridized carbons (Fsp3) is 0.562. The maximum absolute atomic E-state index is 11.0. The van der Waals surface area contributed by atoms with E-state index >= 15 is 0 Å². The second-order valence-electron chi connectivity index (χ2n) is 5.71. The summed E-state index contributed by atoms with van der Waals surface area (Å²) in [6.07, 6.45) is 3.61. The molecule has 0 radical (unpaired) electrons. The molecule has 2 atom stereocenters. The summed E-state index contributed by atoms with van der Waals surface area (Å²) in [4.78, 5) is 11.0. The number of carbonyl (C=O) groups is 1. The van der Waals surface area contributed by atoms with E-state index in [-0.39, 0.29) is 18.4 Å². The summed E-state index contributed by atoms with van der Waals surface area (Å²) >= 11 is 0. The van der Waals surface area contributed by atoms with Crippen molar-refractivity contribution in [2.75, 3.05) is 13.2 Å². The minimum atomic E-state index is -0.717. The van der Waals surface area contributed by atoms with Crippen molar-refractivity contribution in [1.82, 2.24) is 0 Å².